The third-order valence-corrected chi connectivity index (χ3v) is 6.95. The van der Waals surface area contributed by atoms with E-state index in [0.29, 0.717) is 30.1 Å². The number of hydrogen-bond acceptors (Lipinski definition) is 6. The predicted octanol–water partition coefficient (Wildman–Crippen LogP) is 3.61. The molecule has 156 valence electrons. The molecule has 2 aromatic rings. The minimum absolute atomic E-state index is 0.0946. The van der Waals surface area contributed by atoms with Crippen molar-refractivity contribution in [3.8, 4) is 0 Å². The molecule has 1 fully saturated rings. The number of sulfonamides is 1. The van der Waals surface area contributed by atoms with Crippen molar-refractivity contribution < 1.29 is 22.5 Å². The molecule has 0 bridgehead atoms. The number of aryl methyl sites for hydroxylation is 2. The lowest BCUT2D eigenvalue weighted by atomic mass is 10.2. The van der Waals surface area contributed by atoms with Gasteiger partial charge in [-0.25, -0.2) is 13.2 Å². The minimum atomic E-state index is -3.47. The van der Waals surface area contributed by atoms with Gasteiger partial charge in [-0.1, -0.05) is 30.1 Å². The van der Waals surface area contributed by atoms with Crippen LogP contribution in [0, 0.1) is 13.8 Å². The summed E-state index contributed by atoms with van der Waals surface area (Å²) in [5, 5.41) is 3.82. The number of carbonyl (C=O) groups is 1. The molecule has 0 N–H and O–H groups in total. The monoisotopic (exact) mass is 418 g/mol. The number of carbonyl (C=O) groups excluding carboxylic acids is 1. The maximum absolute atomic E-state index is 12.8. The molecule has 0 amide bonds. The average Bonchev–Trinajstić information content (AvgIpc) is 2.91. The van der Waals surface area contributed by atoms with E-state index in [1.54, 1.807) is 48.5 Å². The number of benzene rings is 1. The van der Waals surface area contributed by atoms with E-state index in [4.69, 9.17) is 9.26 Å². The third kappa shape index (κ3) is 5.33. The molecule has 1 saturated heterocycles. The molecule has 29 heavy (non-hydrogen) atoms. The molecule has 0 unspecified atom stereocenters. The molecule has 1 aliphatic rings. The van der Waals surface area contributed by atoms with Gasteiger partial charge in [0.15, 0.2) is 0 Å². The standard InChI is InChI=1S/C21H26N2O5S/c1-16-20(17(2)28-22-16)15-27-21(24)12-9-18-7-10-19(11-8-18)29(25,26)23-13-5-3-4-6-14-23/h7-12H,3-6,13-15H2,1-2H3/b12-9+. The van der Waals surface area contributed by atoms with Crippen LogP contribution in [0.5, 0.6) is 0 Å². The molecule has 0 saturated carbocycles. The van der Waals surface area contributed by atoms with Crippen molar-refractivity contribution in [3.05, 3.63) is 52.9 Å². The molecule has 0 radical (unpaired) electrons. The maximum Gasteiger partial charge on any atom is 0.331 e. The molecule has 0 spiro atoms. The van der Waals surface area contributed by atoms with Crippen LogP contribution in [-0.4, -0.2) is 36.9 Å². The number of rotatable bonds is 6. The molecule has 0 atom stereocenters. The van der Waals surface area contributed by atoms with E-state index in [2.05, 4.69) is 5.16 Å². The molecule has 1 aliphatic heterocycles. The Morgan fingerprint density at radius 2 is 1.79 bits per heavy atom. The summed E-state index contributed by atoms with van der Waals surface area (Å²) >= 11 is 0. The van der Waals surface area contributed by atoms with Crippen LogP contribution in [0.4, 0.5) is 0 Å². The zero-order chi connectivity index (χ0) is 20.9. The Morgan fingerprint density at radius 1 is 1.14 bits per heavy atom. The van der Waals surface area contributed by atoms with Crippen LogP contribution in [0.15, 0.2) is 39.8 Å². The van der Waals surface area contributed by atoms with Crippen molar-refractivity contribution in [2.45, 2.75) is 51.0 Å². The quantitative estimate of drug-likeness (QED) is 0.526. The molecule has 1 aromatic heterocycles. The highest BCUT2D eigenvalue weighted by Gasteiger charge is 2.24. The van der Waals surface area contributed by atoms with Gasteiger partial charge in [-0.05, 0) is 50.5 Å². The van der Waals surface area contributed by atoms with E-state index in [0.717, 1.165) is 31.2 Å². The van der Waals surface area contributed by atoms with Crippen LogP contribution < -0.4 is 0 Å². The van der Waals surface area contributed by atoms with Gasteiger partial charge in [0.05, 0.1) is 16.2 Å². The van der Waals surface area contributed by atoms with E-state index < -0.39 is 16.0 Å². The first-order valence-corrected chi connectivity index (χ1v) is 11.2. The molecule has 8 heteroatoms. The van der Waals surface area contributed by atoms with Gasteiger partial charge < -0.3 is 9.26 Å². The van der Waals surface area contributed by atoms with Crippen molar-refractivity contribution in [2.24, 2.45) is 0 Å². The third-order valence-electron chi connectivity index (χ3n) is 5.03. The van der Waals surface area contributed by atoms with Gasteiger partial charge in [0.2, 0.25) is 10.0 Å². The Kier molecular flexibility index (Phi) is 6.87. The van der Waals surface area contributed by atoms with Crippen LogP contribution in [-0.2, 0) is 26.2 Å². The van der Waals surface area contributed by atoms with E-state index in [-0.39, 0.29) is 11.5 Å². The predicted molar refractivity (Wildman–Crippen MR) is 108 cm³/mol. The van der Waals surface area contributed by atoms with Gasteiger partial charge in [0, 0.05) is 19.2 Å². The zero-order valence-corrected chi connectivity index (χ0v) is 17.6. The van der Waals surface area contributed by atoms with Crippen LogP contribution in [0.2, 0.25) is 0 Å². The van der Waals surface area contributed by atoms with Crippen molar-refractivity contribution in [1.82, 2.24) is 9.46 Å². The summed E-state index contributed by atoms with van der Waals surface area (Å²) in [4.78, 5) is 12.2. The van der Waals surface area contributed by atoms with Crippen LogP contribution in [0.1, 0.15) is 48.3 Å². The van der Waals surface area contributed by atoms with Crippen LogP contribution in [0.25, 0.3) is 6.08 Å². The maximum atomic E-state index is 12.8. The van der Waals surface area contributed by atoms with Gasteiger partial charge in [0.1, 0.15) is 12.4 Å². The lowest BCUT2D eigenvalue weighted by molar-refractivity contribution is -0.138. The fourth-order valence-electron chi connectivity index (χ4n) is 3.25. The van der Waals surface area contributed by atoms with E-state index in [1.165, 1.54) is 6.08 Å². The van der Waals surface area contributed by atoms with Gasteiger partial charge in [-0.3, -0.25) is 0 Å². The van der Waals surface area contributed by atoms with E-state index in [9.17, 15) is 13.2 Å². The molecule has 1 aromatic carbocycles. The largest absolute Gasteiger partial charge is 0.457 e. The van der Waals surface area contributed by atoms with Crippen molar-refractivity contribution in [2.75, 3.05) is 13.1 Å². The number of esters is 1. The number of aromatic nitrogens is 1. The van der Waals surface area contributed by atoms with Crippen molar-refractivity contribution >= 4 is 22.1 Å². The smallest absolute Gasteiger partial charge is 0.331 e. The van der Waals surface area contributed by atoms with Gasteiger partial charge >= 0.3 is 5.97 Å². The molecule has 7 nitrogen and oxygen atoms in total. The molecular weight excluding hydrogens is 392 g/mol. The van der Waals surface area contributed by atoms with Crippen LogP contribution in [0.3, 0.4) is 0 Å². The Balaban J connectivity index is 1.60. The SMILES string of the molecule is Cc1noc(C)c1COC(=O)/C=C/c1ccc(S(=O)(=O)N2CCCCCC2)cc1. The van der Waals surface area contributed by atoms with Crippen molar-refractivity contribution in [3.63, 3.8) is 0 Å². The zero-order valence-electron chi connectivity index (χ0n) is 16.8. The fourth-order valence-corrected chi connectivity index (χ4v) is 4.76. The number of nitrogens with zero attached hydrogens (tertiary/aromatic N) is 2. The second-order valence-electron chi connectivity index (χ2n) is 7.13. The normalized spacial score (nSPS) is 16.1. The van der Waals surface area contributed by atoms with Gasteiger partial charge in [-0.2, -0.15) is 4.31 Å². The number of hydrogen-bond donors (Lipinski definition) is 0. The Labute approximate surface area is 171 Å². The summed E-state index contributed by atoms with van der Waals surface area (Å²) in [6.07, 6.45) is 6.85. The average molecular weight is 419 g/mol. The highest BCUT2D eigenvalue weighted by molar-refractivity contribution is 7.89. The molecule has 3 rings (SSSR count). The summed E-state index contributed by atoms with van der Waals surface area (Å²) in [5.74, 6) is 0.131. The highest BCUT2D eigenvalue weighted by Crippen LogP contribution is 2.21. The topological polar surface area (TPSA) is 89.7 Å². The molecule has 2 heterocycles. The second-order valence-corrected chi connectivity index (χ2v) is 9.07. The molecular formula is C21H26N2O5S. The minimum Gasteiger partial charge on any atom is -0.457 e. The Morgan fingerprint density at radius 3 is 2.38 bits per heavy atom. The Bertz CT molecular complexity index is 950. The Hall–Kier alpha value is -2.45. The lowest BCUT2D eigenvalue weighted by Crippen LogP contribution is -2.31. The highest BCUT2D eigenvalue weighted by atomic mass is 32.2. The summed E-state index contributed by atoms with van der Waals surface area (Å²) < 4.78 is 37.4. The van der Waals surface area contributed by atoms with E-state index in [1.807, 2.05) is 0 Å². The summed E-state index contributed by atoms with van der Waals surface area (Å²) in [6.45, 7) is 4.79. The van der Waals surface area contributed by atoms with Gasteiger partial charge in [-0.15, -0.1) is 0 Å². The first-order chi connectivity index (χ1) is 13.9. The number of ether oxygens (including phenoxy) is 1. The summed E-state index contributed by atoms with van der Waals surface area (Å²) in [6, 6.07) is 6.52. The molecule has 0 aliphatic carbocycles. The van der Waals surface area contributed by atoms with Crippen molar-refractivity contribution in [1.29, 1.82) is 0 Å². The lowest BCUT2D eigenvalue weighted by Gasteiger charge is -2.19. The van der Waals surface area contributed by atoms with E-state index >= 15 is 0 Å². The first-order valence-electron chi connectivity index (χ1n) is 9.75. The first kappa shape index (κ1) is 21.3. The van der Waals surface area contributed by atoms with Crippen LogP contribution >= 0.6 is 0 Å². The summed E-state index contributed by atoms with van der Waals surface area (Å²) in [5.41, 5.74) is 2.17. The second kappa shape index (κ2) is 9.37. The fraction of sp³-hybridized carbons (Fsp3) is 0.429. The van der Waals surface area contributed by atoms with Gasteiger partial charge in [0.25, 0.3) is 0 Å². The summed E-state index contributed by atoms with van der Waals surface area (Å²) in [7, 11) is -3.47.